The molecular weight excluding hydrogens is 637 g/mol. The number of rotatable bonds is 7. The Morgan fingerprint density at radius 3 is 2.48 bits per heavy atom. The highest BCUT2D eigenvalue weighted by atomic mass is 19.4. The number of hydrogen-bond acceptors (Lipinski definition) is 6. The Morgan fingerprint density at radius 1 is 1.04 bits per heavy atom. The highest BCUT2D eigenvalue weighted by Gasteiger charge is 2.50. The summed E-state index contributed by atoms with van der Waals surface area (Å²) in [6.07, 6.45) is -0.494. The molecule has 48 heavy (non-hydrogen) atoms. The third-order valence-electron chi connectivity index (χ3n) is 8.50. The van der Waals surface area contributed by atoms with E-state index in [0.29, 0.717) is 27.7 Å². The van der Waals surface area contributed by atoms with Gasteiger partial charge < -0.3 is 14.8 Å². The molecule has 0 aliphatic carbocycles. The second kappa shape index (κ2) is 11.8. The van der Waals surface area contributed by atoms with E-state index < -0.39 is 67.4 Å². The Balaban J connectivity index is 1.32. The Bertz CT molecular complexity index is 2120. The molecule has 4 aromatic heterocycles. The van der Waals surface area contributed by atoms with E-state index in [-0.39, 0.29) is 11.3 Å². The number of hydrogen-bond donors (Lipinski definition) is 1. The predicted octanol–water partition coefficient (Wildman–Crippen LogP) is 5.81. The molecule has 250 valence electrons. The molecule has 1 N–H and O–H groups in total. The number of ketones is 1. The van der Waals surface area contributed by atoms with Crippen molar-refractivity contribution in [2.45, 2.75) is 58.5 Å². The van der Waals surface area contributed by atoms with Gasteiger partial charge in [-0.15, -0.1) is 0 Å². The summed E-state index contributed by atoms with van der Waals surface area (Å²) in [6, 6.07) is 5.83. The van der Waals surface area contributed by atoms with E-state index in [1.807, 2.05) is 25.3 Å². The van der Waals surface area contributed by atoms with Crippen LogP contribution in [0.1, 0.15) is 46.2 Å². The maximum Gasteiger partial charge on any atom is 0.433 e. The first-order valence-corrected chi connectivity index (χ1v) is 14.9. The Hall–Kier alpha value is -5.21. The van der Waals surface area contributed by atoms with Crippen molar-refractivity contribution in [3.05, 3.63) is 77.0 Å². The number of aryl methyl sites for hydroxylation is 3. The van der Waals surface area contributed by atoms with Gasteiger partial charge in [0.15, 0.2) is 17.1 Å². The molecule has 15 heteroatoms. The molecule has 1 saturated heterocycles. The topological polar surface area (TPSA) is 114 Å². The molecule has 10 nitrogen and oxygen atoms in total. The lowest BCUT2D eigenvalue weighted by molar-refractivity contribution is -0.141. The van der Waals surface area contributed by atoms with Crippen molar-refractivity contribution >= 4 is 40.0 Å². The summed E-state index contributed by atoms with van der Waals surface area (Å²) in [5.74, 6) is -2.45. The molecule has 6 rings (SSSR count). The molecule has 0 bridgehead atoms. The standard InChI is InChI=1S/C33H30F5N7O3/c1-17-5-6-26(33(36,37)38)40-30(17)41-31(48)25-10-32(35,15-34)16-44(25)28(47)14-43-13-24(20(4)46)23-9-21(7-18(2)29(23)43)22-11-39-27-8-19(3)42-45(27)12-22/h5-9,11-13,25H,10,14-16H2,1-4H3,(H,40,41,48)/t25-,32-/m0/s1. The van der Waals surface area contributed by atoms with Gasteiger partial charge in [0, 0.05) is 47.6 Å². The van der Waals surface area contributed by atoms with Gasteiger partial charge in [-0.1, -0.05) is 6.07 Å². The highest BCUT2D eigenvalue weighted by molar-refractivity contribution is 6.09. The van der Waals surface area contributed by atoms with Gasteiger partial charge in [-0.3, -0.25) is 14.4 Å². The maximum atomic E-state index is 15.4. The number of pyridine rings is 1. The number of Topliss-reactive ketones (excluding diaryl/α,β-unsaturated/α-hetero) is 1. The molecule has 2 amide bonds. The van der Waals surface area contributed by atoms with E-state index in [4.69, 9.17) is 0 Å². The molecule has 5 heterocycles. The molecule has 5 aromatic rings. The Morgan fingerprint density at radius 2 is 1.79 bits per heavy atom. The highest BCUT2D eigenvalue weighted by Crippen LogP contribution is 2.35. The van der Waals surface area contributed by atoms with Crippen molar-refractivity contribution in [1.82, 2.24) is 29.0 Å². The number of benzene rings is 1. The second-order valence-corrected chi connectivity index (χ2v) is 12.2. The number of carbonyl (C=O) groups excluding carboxylic acids is 3. The van der Waals surface area contributed by atoms with E-state index in [1.54, 1.807) is 23.7 Å². The molecule has 0 spiro atoms. The molecule has 1 fully saturated rings. The average Bonchev–Trinajstić information content (AvgIpc) is 3.70. The number of anilines is 1. The summed E-state index contributed by atoms with van der Waals surface area (Å²) in [5, 5.41) is 7.23. The van der Waals surface area contributed by atoms with E-state index in [0.717, 1.165) is 33.9 Å². The normalized spacial score (nSPS) is 18.2. The van der Waals surface area contributed by atoms with Crippen LogP contribution >= 0.6 is 0 Å². The number of likely N-dealkylation sites (tertiary alicyclic amines) is 1. The lowest BCUT2D eigenvalue weighted by Gasteiger charge is -2.24. The van der Waals surface area contributed by atoms with E-state index >= 15 is 4.39 Å². The van der Waals surface area contributed by atoms with Gasteiger partial charge in [0.05, 0.1) is 17.8 Å². The second-order valence-electron chi connectivity index (χ2n) is 12.2. The molecule has 1 aliphatic heterocycles. The fraction of sp³-hybridized carbons (Fsp3) is 0.333. The number of nitrogens with one attached hydrogen (secondary N) is 1. The molecule has 0 saturated carbocycles. The number of aromatic nitrogens is 5. The number of halogens is 5. The van der Waals surface area contributed by atoms with Crippen molar-refractivity contribution < 1.29 is 36.3 Å². The first-order chi connectivity index (χ1) is 22.6. The number of fused-ring (bicyclic) bond motifs is 2. The van der Waals surface area contributed by atoms with Gasteiger partial charge in [0.25, 0.3) is 0 Å². The van der Waals surface area contributed by atoms with E-state index in [9.17, 15) is 31.9 Å². The van der Waals surface area contributed by atoms with Crippen LogP contribution in [0, 0.1) is 20.8 Å². The average molecular weight is 668 g/mol. The van der Waals surface area contributed by atoms with Gasteiger partial charge in [-0.25, -0.2) is 23.3 Å². The number of carbonyl (C=O) groups is 3. The minimum Gasteiger partial charge on any atom is -0.337 e. The summed E-state index contributed by atoms with van der Waals surface area (Å²) in [4.78, 5) is 48.7. The zero-order valence-corrected chi connectivity index (χ0v) is 26.3. The maximum absolute atomic E-state index is 15.4. The van der Waals surface area contributed by atoms with E-state index in [2.05, 4.69) is 20.4 Å². The van der Waals surface area contributed by atoms with Gasteiger partial charge in [0.1, 0.15) is 30.8 Å². The molecular formula is C33H30F5N7O3. The summed E-state index contributed by atoms with van der Waals surface area (Å²) >= 11 is 0. The number of alkyl halides is 5. The largest absolute Gasteiger partial charge is 0.433 e. The van der Waals surface area contributed by atoms with Crippen LogP contribution in [0.4, 0.5) is 27.8 Å². The lowest BCUT2D eigenvalue weighted by Crippen LogP contribution is -2.45. The molecule has 1 aromatic carbocycles. The van der Waals surface area contributed by atoms with Crippen LogP contribution in [0.25, 0.3) is 27.7 Å². The third-order valence-corrected chi connectivity index (χ3v) is 8.50. The van der Waals surface area contributed by atoms with Crippen molar-refractivity contribution in [1.29, 1.82) is 0 Å². The minimum atomic E-state index is -4.79. The summed E-state index contributed by atoms with van der Waals surface area (Å²) in [7, 11) is 0. The van der Waals surface area contributed by atoms with Crippen LogP contribution < -0.4 is 5.32 Å². The molecule has 1 aliphatic rings. The van der Waals surface area contributed by atoms with Gasteiger partial charge in [0.2, 0.25) is 11.8 Å². The van der Waals surface area contributed by atoms with Crippen molar-refractivity contribution in [2.75, 3.05) is 18.5 Å². The van der Waals surface area contributed by atoms with Crippen molar-refractivity contribution in [2.24, 2.45) is 0 Å². The van der Waals surface area contributed by atoms with Crippen LogP contribution in [0.2, 0.25) is 0 Å². The number of nitrogens with zero attached hydrogens (tertiary/aromatic N) is 6. The summed E-state index contributed by atoms with van der Waals surface area (Å²) in [5.41, 5.74) is 0.898. The Kier molecular flexibility index (Phi) is 8.04. The van der Waals surface area contributed by atoms with Crippen molar-refractivity contribution in [3.8, 4) is 11.1 Å². The van der Waals surface area contributed by atoms with Crippen LogP contribution in [0.3, 0.4) is 0 Å². The minimum absolute atomic E-state index is 0.199. The zero-order chi connectivity index (χ0) is 34.7. The molecule has 0 radical (unpaired) electrons. The first kappa shape index (κ1) is 32.7. The first-order valence-electron chi connectivity index (χ1n) is 14.9. The number of amides is 2. The monoisotopic (exact) mass is 667 g/mol. The summed E-state index contributed by atoms with van der Waals surface area (Å²) < 4.78 is 72.2. The van der Waals surface area contributed by atoms with Crippen LogP contribution in [-0.2, 0) is 22.3 Å². The smallest absolute Gasteiger partial charge is 0.337 e. The predicted molar refractivity (Wildman–Crippen MR) is 166 cm³/mol. The summed E-state index contributed by atoms with van der Waals surface area (Å²) in [6.45, 7) is 3.79. The lowest BCUT2D eigenvalue weighted by atomic mass is 10.0. The fourth-order valence-electron chi connectivity index (χ4n) is 6.15. The van der Waals surface area contributed by atoms with Crippen LogP contribution in [0.5, 0.6) is 0 Å². The molecule has 0 unspecified atom stereocenters. The van der Waals surface area contributed by atoms with Gasteiger partial charge in [-0.05, 0) is 62.6 Å². The van der Waals surface area contributed by atoms with Crippen LogP contribution in [0.15, 0.2) is 48.9 Å². The quantitative estimate of drug-likeness (QED) is 0.173. The van der Waals surface area contributed by atoms with Gasteiger partial charge in [-0.2, -0.15) is 18.3 Å². The Labute approximate surface area is 270 Å². The van der Waals surface area contributed by atoms with E-state index in [1.165, 1.54) is 24.6 Å². The fourth-order valence-corrected chi connectivity index (χ4v) is 6.15. The van der Waals surface area contributed by atoms with Gasteiger partial charge >= 0.3 is 6.18 Å². The van der Waals surface area contributed by atoms with Crippen molar-refractivity contribution in [3.63, 3.8) is 0 Å². The van der Waals surface area contributed by atoms with Crippen LogP contribution in [-0.4, -0.2) is 71.6 Å². The zero-order valence-electron chi connectivity index (χ0n) is 26.3. The SMILES string of the molecule is CC(=O)c1cn(CC(=O)N2C[C@@](F)(CF)C[C@H]2C(=O)Nc2nc(C(F)(F)F)ccc2C)c2c(C)cc(-c3cnc4cc(C)nn4c3)cc12. The third kappa shape index (κ3) is 6.00. The molecule has 2 atom stereocenters.